The van der Waals surface area contributed by atoms with Crippen LogP contribution >= 0.6 is 11.8 Å². The van der Waals surface area contributed by atoms with Gasteiger partial charge in [0.2, 0.25) is 5.12 Å². The first-order chi connectivity index (χ1) is 12.2. The minimum Gasteiger partial charge on any atom is -0.466 e. The molecule has 0 aliphatic rings. The second-order valence-corrected chi connectivity index (χ2v) is 8.25. The van der Waals surface area contributed by atoms with Gasteiger partial charge in [0, 0.05) is 10.5 Å². The van der Waals surface area contributed by atoms with Gasteiger partial charge in [-0.1, -0.05) is 63.2 Å². The lowest BCUT2D eigenvalue weighted by molar-refractivity contribution is -0.142. The standard InChI is InChI=1S/C22H26O3S/c1-6-25-19(23)14-17-13-18(22(3,4)5)12-15(2)20(17)26-21(24)16-10-8-7-9-11-16/h7-13H,6,14H2,1-5H3. The molecular weight excluding hydrogens is 344 g/mol. The van der Waals surface area contributed by atoms with Crippen molar-refractivity contribution in [1.29, 1.82) is 0 Å². The summed E-state index contributed by atoms with van der Waals surface area (Å²) in [6.07, 6.45) is 0.170. The van der Waals surface area contributed by atoms with Gasteiger partial charge >= 0.3 is 5.97 Å². The number of ether oxygens (including phenoxy) is 1. The first-order valence-corrected chi connectivity index (χ1v) is 9.61. The van der Waals surface area contributed by atoms with Gasteiger partial charge in [-0.2, -0.15) is 0 Å². The van der Waals surface area contributed by atoms with Crippen molar-refractivity contribution in [1.82, 2.24) is 0 Å². The van der Waals surface area contributed by atoms with Crippen molar-refractivity contribution in [2.24, 2.45) is 0 Å². The van der Waals surface area contributed by atoms with E-state index < -0.39 is 0 Å². The topological polar surface area (TPSA) is 43.4 Å². The lowest BCUT2D eigenvalue weighted by Crippen LogP contribution is -2.15. The van der Waals surface area contributed by atoms with Gasteiger partial charge in [-0.25, -0.2) is 0 Å². The molecule has 26 heavy (non-hydrogen) atoms. The Kier molecular flexibility index (Phi) is 6.65. The van der Waals surface area contributed by atoms with E-state index in [1.165, 1.54) is 11.8 Å². The van der Waals surface area contributed by atoms with Gasteiger partial charge in [-0.15, -0.1) is 0 Å². The summed E-state index contributed by atoms with van der Waals surface area (Å²) in [4.78, 5) is 25.6. The van der Waals surface area contributed by atoms with Gasteiger partial charge in [0.1, 0.15) is 0 Å². The third kappa shape index (κ3) is 5.21. The molecule has 0 aliphatic heterocycles. The van der Waals surface area contributed by atoms with Crippen LogP contribution in [0.1, 0.15) is 54.7 Å². The Balaban J connectivity index is 2.42. The minimum atomic E-state index is -0.271. The Morgan fingerprint density at radius 2 is 1.73 bits per heavy atom. The molecule has 3 nitrogen and oxygen atoms in total. The molecule has 0 saturated heterocycles. The number of hydrogen-bond acceptors (Lipinski definition) is 4. The number of carbonyl (C=O) groups excluding carboxylic acids is 2. The second kappa shape index (κ2) is 8.54. The van der Waals surface area contributed by atoms with Crippen molar-refractivity contribution in [2.45, 2.75) is 51.3 Å². The van der Waals surface area contributed by atoms with Crippen molar-refractivity contribution >= 4 is 22.8 Å². The molecule has 4 heteroatoms. The van der Waals surface area contributed by atoms with Gasteiger partial charge in [0.15, 0.2) is 0 Å². The zero-order chi connectivity index (χ0) is 19.3. The van der Waals surface area contributed by atoms with E-state index in [1.54, 1.807) is 19.1 Å². The summed E-state index contributed by atoms with van der Waals surface area (Å²) in [6.45, 7) is 10.5. The molecule has 0 atom stereocenters. The predicted molar refractivity (Wildman–Crippen MR) is 107 cm³/mol. The van der Waals surface area contributed by atoms with Crippen molar-refractivity contribution in [2.75, 3.05) is 6.61 Å². The maximum atomic E-state index is 12.7. The first-order valence-electron chi connectivity index (χ1n) is 8.79. The van der Waals surface area contributed by atoms with Crippen molar-refractivity contribution in [3.63, 3.8) is 0 Å². The highest BCUT2D eigenvalue weighted by Gasteiger charge is 2.21. The Bertz CT molecular complexity index is 789. The monoisotopic (exact) mass is 370 g/mol. The summed E-state index contributed by atoms with van der Waals surface area (Å²) >= 11 is 1.18. The van der Waals surface area contributed by atoms with Gasteiger partial charge in [0.25, 0.3) is 0 Å². The molecule has 0 spiro atoms. The highest BCUT2D eigenvalue weighted by Crippen LogP contribution is 2.34. The smallest absolute Gasteiger partial charge is 0.310 e. The van der Waals surface area contributed by atoms with Crippen LogP contribution in [0.3, 0.4) is 0 Å². The zero-order valence-corrected chi connectivity index (χ0v) is 16.9. The van der Waals surface area contributed by atoms with Crippen LogP contribution in [0.4, 0.5) is 0 Å². The highest BCUT2D eigenvalue weighted by atomic mass is 32.2. The van der Waals surface area contributed by atoms with Gasteiger partial charge in [0.05, 0.1) is 13.0 Å². The molecule has 0 aliphatic carbocycles. The molecule has 0 radical (unpaired) electrons. The van der Waals surface area contributed by atoms with E-state index >= 15 is 0 Å². The summed E-state index contributed by atoms with van der Waals surface area (Å²) in [5.74, 6) is -0.271. The number of esters is 1. The SMILES string of the molecule is CCOC(=O)Cc1cc(C(C)(C)C)cc(C)c1SC(=O)c1ccccc1. The molecule has 0 saturated carbocycles. The van der Waals surface area contributed by atoms with E-state index in [4.69, 9.17) is 4.74 Å². The van der Waals surface area contributed by atoms with Crippen LogP contribution in [0.15, 0.2) is 47.4 Å². The molecule has 0 aromatic heterocycles. The highest BCUT2D eigenvalue weighted by molar-refractivity contribution is 8.14. The van der Waals surface area contributed by atoms with E-state index in [-0.39, 0.29) is 22.9 Å². The molecule has 0 bridgehead atoms. The first kappa shape index (κ1) is 20.2. The fourth-order valence-electron chi connectivity index (χ4n) is 2.65. The normalized spacial score (nSPS) is 11.3. The Hall–Kier alpha value is -2.07. The van der Waals surface area contributed by atoms with Crippen LogP contribution in [0.2, 0.25) is 0 Å². The molecule has 0 unspecified atom stereocenters. The van der Waals surface area contributed by atoms with Crippen LogP contribution in [-0.2, 0) is 21.4 Å². The second-order valence-electron chi connectivity index (χ2n) is 7.27. The number of hydrogen-bond donors (Lipinski definition) is 0. The number of rotatable bonds is 5. The molecule has 2 aromatic carbocycles. The molecular formula is C22H26O3S. The Morgan fingerprint density at radius 1 is 1.08 bits per heavy atom. The predicted octanol–water partition coefficient (Wildman–Crippen LogP) is 5.33. The average molecular weight is 371 g/mol. The molecule has 138 valence electrons. The Labute approximate surface area is 160 Å². The van der Waals surface area contributed by atoms with Crippen LogP contribution < -0.4 is 0 Å². The van der Waals surface area contributed by atoms with Crippen LogP contribution in [-0.4, -0.2) is 17.7 Å². The molecule has 0 heterocycles. The maximum Gasteiger partial charge on any atom is 0.310 e. The largest absolute Gasteiger partial charge is 0.466 e. The van der Waals surface area contributed by atoms with Crippen molar-refractivity contribution < 1.29 is 14.3 Å². The number of aryl methyl sites for hydroxylation is 1. The molecule has 0 fully saturated rings. The van der Waals surface area contributed by atoms with Gasteiger partial charge in [-0.05, 0) is 47.7 Å². The molecule has 2 aromatic rings. The maximum absolute atomic E-state index is 12.7. The van der Waals surface area contributed by atoms with E-state index in [9.17, 15) is 9.59 Å². The summed E-state index contributed by atoms with van der Waals surface area (Å²) in [7, 11) is 0. The molecule has 2 rings (SSSR count). The minimum absolute atomic E-state index is 0.0256. The third-order valence-corrected chi connectivity index (χ3v) is 5.27. The fourth-order valence-corrected chi connectivity index (χ4v) is 3.57. The van der Waals surface area contributed by atoms with E-state index in [1.807, 2.05) is 31.2 Å². The summed E-state index contributed by atoms with van der Waals surface area (Å²) < 4.78 is 5.12. The zero-order valence-electron chi connectivity index (χ0n) is 16.1. The van der Waals surface area contributed by atoms with Crippen molar-refractivity contribution in [3.05, 3.63) is 64.7 Å². The number of carbonyl (C=O) groups is 2. The van der Waals surface area contributed by atoms with Crippen molar-refractivity contribution in [3.8, 4) is 0 Å². The fraction of sp³-hybridized carbons (Fsp3) is 0.364. The Morgan fingerprint density at radius 3 is 2.31 bits per heavy atom. The quantitative estimate of drug-likeness (QED) is 0.527. The number of benzene rings is 2. The van der Waals surface area contributed by atoms with Crippen LogP contribution in [0.5, 0.6) is 0 Å². The van der Waals surface area contributed by atoms with Crippen LogP contribution in [0, 0.1) is 6.92 Å². The van der Waals surface area contributed by atoms with Gasteiger partial charge < -0.3 is 4.74 Å². The average Bonchev–Trinajstić information content (AvgIpc) is 2.57. The summed E-state index contributed by atoms with van der Waals surface area (Å²) in [5, 5.41) is -0.0256. The molecule has 0 N–H and O–H groups in total. The summed E-state index contributed by atoms with van der Waals surface area (Å²) in [5.41, 5.74) is 3.61. The number of thioether (sulfide) groups is 1. The van der Waals surface area contributed by atoms with Gasteiger partial charge in [-0.3, -0.25) is 9.59 Å². The lowest BCUT2D eigenvalue weighted by Gasteiger charge is -2.23. The van der Waals surface area contributed by atoms with E-state index in [2.05, 4.69) is 26.8 Å². The molecule has 0 amide bonds. The lowest BCUT2D eigenvalue weighted by atomic mass is 9.85. The van der Waals surface area contributed by atoms with E-state index in [0.29, 0.717) is 12.2 Å². The third-order valence-electron chi connectivity index (χ3n) is 4.06. The van der Waals surface area contributed by atoms with E-state index in [0.717, 1.165) is 21.6 Å². The summed E-state index contributed by atoms with van der Waals surface area (Å²) in [6, 6.07) is 13.3. The van der Waals surface area contributed by atoms with Crippen LogP contribution in [0.25, 0.3) is 0 Å².